The van der Waals surface area contributed by atoms with Crippen LogP contribution < -0.4 is 13.9 Å². The molecule has 9 rings (SSSR count). The van der Waals surface area contributed by atoms with Crippen molar-refractivity contribution in [3.63, 3.8) is 0 Å². The molecule has 6 nitrogen and oxygen atoms in total. The Hall–Kier alpha value is -5.93. The van der Waals surface area contributed by atoms with Crippen molar-refractivity contribution in [3.8, 4) is 28.4 Å². The summed E-state index contributed by atoms with van der Waals surface area (Å²) in [7, 11) is 0. The van der Waals surface area contributed by atoms with Gasteiger partial charge in [-0.1, -0.05) is 127 Å². The fourth-order valence-corrected chi connectivity index (χ4v) is 8.67. The first-order valence-electron chi connectivity index (χ1n) is 24.5. The van der Waals surface area contributed by atoms with Crippen molar-refractivity contribution in [2.45, 2.75) is 106 Å². The molecule has 1 aliphatic rings. The molecule has 64 heavy (non-hydrogen) atoms. The van der Waals surface area contributed by atoms with E-state index in [2.05, 4.69) is 115 Å². The Balaban J connectivity index is 0.00000659. The van der Waals surface area contributed by atoms with Gasteiger partial charge in [-0.25, -0.2) is 4.98 Å². The van der Waals surface area contributed by atoms with E-state index >= 15 is 0 Å². The van der Waals surface area contributed by atoms with Crippen LogP contribution in [0.4, 0.5) is 22.7 Å². The molecule has 0 bridgehead atoms. The summed E-state index contributed by atoms with van der Waals surface area (Å²) in [6.45, 7) is 18.1. The number of aryl methyl sites for hydroxylation is 4. The summed E-state index contributed by atoms with van der Waals surface area (Å²) in [5, 5.41) is 2.06. The van der Waals surface area contributed by atoms with E-state index in [1.54, 1.807) is 0 Å². The minimum Gasteiger partial charge on any atom is -0.509 e. The Kier molecular flexibility index (Phi) is 9.51. The SMILES string of the molecule is [2H]C([2H])([2H])c1cccc(C([2H])([2H])[2H])c1-c1cccc(C(C)(C)C)c1[N+]1=C=[N+](c2[c-]c(Oc3[c-]c4c(cc3)c3cc(C)nc(C)c3n4-c3cc(C(C)(C)C)ccn3)cc(C(C)(C)C)c2)c2ccccc21.[Pt+2]. The Morgan fingerprint density at radius 1 is 0.672 bits per heavy atom. The second kappa shape index (κ2) is 16.3. The van der Waals surface area contributed by atoms with Crippen molar-refractivity contribution in [1.82, 2.24) is 23.7 Å². The first-order chi connectivity index (χ1) is 32.2. The average molecular weight is 1030 g/mol. The van der Waals surface area contributed by atoms with Crippen LogP contribution in [-0.2, 0) is 37.3 Å². The van der Waals surface area contributed by atoms with Gasteiger partial charge in [-0.3, -0.25) is 4.98 Å². The maximum Gasteiger partial charge on any atom is 2.00 e. The van der Waals surface area contributed by atoms with Crippen molar-refractivity contribution in [2.24, 2.45) is 0 Å². The Morgan fingerprint density at radius 3 is 2.03 bits per heavy atom. The fourth-order valence-electron chi connectivity index (χ4n) is 8.67. The van der Waals surface area contributed by atoms with E-state index < -0.39 is 19.1 Å². The number of hydrogen-bond donors (Lipinski definition) is 0. The Morgan fingerprint density at radius 2 is 1.36 bits per heavy atom. The summed E-state index contributed by atoms with van der Waals surface area (Å²) in [6, 6.07) is 43.4. The monoisotopic (exact) mass is 1030 g/mol. The first-order valence-corrected chi connectivity index (χ1v) is 21.5. The number of pyridine rings is 2. The van der Waals surface area contributed by atoms with Crippen molar-refractivity contribution < 1.29 is 34.0 Å². The number of nitrogens with zero attached hydrogens (tertiary/aromatic N) is 5. The molecule has 1 aliphatic heterocycles. The van der Waals surface area contributed by atoms with E-state index in [1.807, 2.05) is 83.8 Å². The summed E-state index contributed by atoms with van der Waals surface area (Å²) in [5.41, 5.74) is 9.15. The minimum atomic E-state index is -2.60. The topological polar surface area (TPSA) is 46.0 Å². The van der Waals surface area contributed by atoms with Gasteiger partial charge in [-0.05, 0) is 100 Å². The molecular formula is C57H57N5OPt+2. The molecule has 0 saturated heterocycles. The smallest absolute Gasteiger partial charge is 0.509 e. The van der Waals surface area contributed by atoms with Crippen LogP contribution in [0.15, 0.2) is 109 Å². The summed E-state index contributed by atoms with van der Waals surface area (Å²) in [4.78, 5) is 9.76. The van der Waals surface area contributed by atoms with Crippen molar-refractivity contribution in [2.75, 3.05) is 0 Å². The maximum atomic E-state index is 8.60. The van der Waals surface area contributed by atoms with Gasteiger partial charge in [0.15, 0.2) is 0 Å². The normalized spacial score (nSPS) is 14.7. The molecule has 3 aromatic heterocycles. The predicted molar refractivity (Wildman–Crippen MR) is 262 cm³/mol. The summed E-state index contributed by atoms with van der Waals surface area (Å²) >= 11 is 0. The number of benzene rings is 5. The summed E-state index contributed by atoms with van der Waals surface area (Å²) < 4.78 is 64.4. The predicted octanol–water partition coefficient (Wildman–Crippen LogP) is 14.6. The molecule has 0 unspecified atom stereocenters. The van der Waals surface area contributed by atoms with Gasteiger partial charge < -0.3 is 9.30 Å². The van der Waals surface area contributed by atoms with Crippen molar-refractivity contribution in [1.29, 1.82) is 0 Å². The van der Waals surface area contributed by atoms with Crippen LogP contribution in [0, 0.1) is 39.7 Å². The van der Waals surface area contributed by atoms with Gasteiger partial charge in [0.2, 0.25) is 5.69 Å². The molecule has 0 radical (unpaired) electrons. The molecule has 0 saturated carbocycles. The molecule has 0 N–H and O–H groups in total. The molecule has 8 aromatic rings. The van der Waals surface area contributed by atoms with E-state index in [-0.39, 0.29) is 48.6 Å². The zero-order chi connectivity index (χ0) is 49.7. The van der Waals surface area contributed by atoms with Crippen LogP contribution in [0.25, 0.3) is 38.8 Å². The summed E-state index contributed by atoms with van der Waals surface area (Å²) in [6.07, 6.45) is 1.86. The molecule has 0 fully saturated rings. The van der Waals surface area contributed by atoms with Crippen molar-refractivity contribution in [3.05, 3.63) is 161 Å². The largest absolute Gasteiger partial charge is 2.00 e. The van der Waals surface area contributed by atoms with Gasteiger partial charge in [0, 0.05) is 49.3 Å². The van der Waals surface area contributed by atoms with Gasteiger partial charge in [-0.2, -0.15) is 6.07 Å². The second-order valence-electron chi connectivity index (χ2n) is 19.7. The summed E-state index contributed by atoms with van der Waals surface area (Å²) in [5.74, 6) is 1.73. The number of rotatable bonds is 6. The van der Waals surface area contributed by atoms with Gasteiger partial charge in [0.1, 0.15) is 11.5 Å². The Bertz CT molecular complexity index is 3440. The minimum absolute atomic E-state index is 0. The number of para-hydroxylation sites is 3. The second-order valence-corrected chi connectivity index (χ2v) is 19.7. The number of ether oxygens (including phenoxy) is 1. The van der Waals surface area contributed by atoms with Crippen LogP contribution in [0.1, 0.15) is 110 Å². The third-order valence-corrected chi connectivity index (χ3v) is 11.9. The van der Waals surface area contributed by atoms with Gasteiger partial charge >= 0.3 is 27.1 Å². The number of fused-ring (bicyclic) bond motifs is 4. The zero-order valence-electron chi connectivity index (χ0n) is 44.4. The molecule has 0 amide bonds. The fraction of sp³-hybridized carbons (Fsp3) is 0.281. The van der Waals surface area contributed by atoms with E-state index in [0.717, 1.165) is 67.1 Å². The first kappa shape index (κ1) is 37.4. The molecule has 324 valence electrons. The van der Waals surface area contributed by atoms with Crippen molar-refractivity contribution >= 4 is 50.6 Å². The van der Waals surface area contributed by atoms with Crippen LogP contribution in [-0.4, -0.2) is 20.5 Å². The number of aromatic nitrogens is 3. The van der Waals surface area contributed by atoms with Crippen LogP contribution in [0.2, 0.25) is 0 Å². The van der Waals surface area contributed by atoms with Crippen LogP contribution in [0.5, 0.6) is 11.5 Å². The van der Waals surface area contributed by atoms with Crippen LogP contribution >= 0.6 is 0 Å². The Labute approximate surface area is 401 Å². The molecule has 5 aromatic carbocycles. The van der Waals surface area contributed by atoms with E-state index in [0.29, 0.717) is 28.4 Å². The molecule has 7 heteroatoms. The third kappa shape index (κ3) is 7.97. The van der Waals surface area contributed by atoms with Crippen LogP contribution in [0.3, 0.4) is 0 Å². The maximum absolute atomic E-state index is 8.60. The molecule has 0 aliphatic carbocycles. The van der Waals surface area contributed by atoms with E-state index in [4.69, 9.17) is 22.9 Å². The standard InChI is InChI=1S/C57H57N5O.Pt/c1-35-18-16-19-36(2)52(35)45-20-17-21-47(57(11,12)13)54(45)61-34-60(48-22-14-15-23-49(48)61)41-29-40(56(8,9)10)30-43(32-41)63-42-24-25-44-46-28-37(3)59-38(4)53(46)62(50(44)33-42)51-31-39(26-27-58-51)55(5,6)7;/h14-31H,1-13H3;/q;+2/i1D3,2D3;. The molecule has 4 heterocycles. The molecular weight excluding hydrogens is 966 g/mol. The molecule has 0 spiro atoms. The van der Waals surface area contributed by atoms with Gasteiger partial charge in [0.25, 0.3) is 11.4 Å². The third-order valence-electron chi connectivity index (χ3n) is 11.9. The zero-order valence-corrected chi connectivity index (χ0v) is 40.6. The quantitative estimate of drug-likeness (QED) is 0.123. The molecule has 0 atom stereocenters. The van der Waals surface area contributed by atoms with E-state index in [1.165, 1.54) is 18.2 Å². The number of hydrogen-bond acceptors (Lipinski definition) is 3. The average Bonchev–Trinajstić information content (AvgIpc) is 3.80. The van der Waals surface area contributed by atoms with E-state index in [9.17, 15) is 0 Å². The van der Waals surface area contributed by atoms with Gasteiger partial charge in [0.05, 0.1) is 16.8 Å². The van der Waals surface area contributed by atoms with Gasteiger partial charge in [-0.15, -0.1) is 29.1 Å².